The summed E-state index contributed by atoms with van der Waals surface area (Å²) in [5.74, 6) is -0.322. The molecule has 0 bridgehead atoms. The molecule has 0 fully saturated rings. The van der Waals surface area contributed by atoms with E-state index in [0.717, 1.165) is 19.6 Å². The molecule has 0 saturated carbocycles. The number of hydrogen-bond acceptors (Lipinski definition) is 3. The van der Waals surface area contributed by atoms with Crippen molar-refractivity contribution in [2.75, 3.05) is 26.8 Å². The molecule has 1 rings (SSSR count). The number of nitrogens with one attached hydrogen (secondary N) is 1. The Morgan fingerprint density at radius 2 is 2.16 bits per heavy atom. The molecule has 0 aliphatic rings. The molecule has 0 amide bonds. The first kappa shape index (κ1) is 16.1. The van der Waals surface area contributed by atoms with Crippen molar-refractivity contribution in [3.05, 3.63) is 35.6 Å². The van der Waals surface area contributed by atoms with Gasteiger partial charge in [-0.05, 0) is 29.5 Å². The second-order valence-electron chi connectivity index (χ2n) is 5.61. The fraction of sp³-hybridized carbons (Fsp3) is 0.600. The fourth-order valence-electron chi connectivity index (χ4n) is 1.85. The Hall–Kier alpha value is -0.970. The molecule has 108 valence electrons. The summed E-state index contributed by atoms with van der Waals surface area (Å²) in [5.41, 5.74) is 0.708. The molecule has 0 radical (unpaired) electrons. The molecule has 0 spiro atoms. The minimum absolute atomic E-state index is 0.109. The Bertz CT molecular complexity index is 382. The van der Waals surface area contributed by atoms with Gasteiger partial charge in [-0.15, -0.1) is 0 Å². The largest absolute Gasteiger partial charge is 0.387 e. The van der Waals surface area contributed by atoms with E-state index in [1.54, 1.807) is 19.2 Å². The fourth-order valence-corrected chi connectivity index (χ4v) is 1.85. The van der Waals surface area contributed by atoms with Crippen LogP contribution in [-0.4, -0.2) is 31.9 Å². The number of ether oxygens (including phenoxy) is 1. The van der Waals surface area contributed by atoms with Crippen LogP contribution in [0.15, 0.2) is 24.3 Å². The lowest BCUT2D eigenvalue weighted by Crippen LogP contribution is -2.33. The van der Waals surface area contributed by atoms with Crippen molar-refractivity contribution in [1.29, 1.82) is 0 Å². The number of hydrogen-bond donors (Lipinski definition) is 2. The van der Waals surface area contributed by atoms with E-state index in [9.17, 15) is 9.50 Å². The van der Waals surface area contributed by atoms with Crippen molar-refractivity contribution in [1.82, 2.24) is 5.32 Å². The van der Waals surface area contributed by atoms with E-state index in [0.29, 0.717) is 12.1 Å². The maximum absolute atomic E-state index is 13.0. The van der Waals surface area contributed by atoms with Crippen LogP contribution in [0.5, 0.6) is 0 Å². The van der Waals surface area contributed by atoms with E-state index < -0.39 is 6.10 Å². The molecule has 3 nitrogen and oxygen atoms in total. The number of methoxy groups -OCH3 is 1. The zero-order chi connectivity index (χ0) is 14.3. The predicted molar refractivity (Wildman–Crippen MR) is 74.5 cm³/mol. The van der Waals surface area contributed by atoms with Gasteiger partial charge in [0, 0.05) is 26.8 Å². The van der Waals surface area contributed by atoms with Crippen molar-refractivity contribution < 1.29 is 14.2 Å². The molecule has 0 aliphatic heterocycles. The van der Waals surface area contributed by atoms with E-state index in [1.807, 2.05) is 0 Å². The van der Waals surface area contributed by atoms with Crippen molar-refractivity contribution in [3.63, 3.8) is 0 Å². The first-order chi connectivity index (χ1) is 8.94. The maximum atomic E-state index is 13.0. The summed E-state index contributed by atoms with van der Waals surface area (Å²) < 4.78 is 18.1. The van der Waals surface area contributed by atoms with Crippen LogP contribution in [0, 0.1) is 11.2 Å². The Kier molecular flexibility index (Phi) is 6.42. The van der Waals surface area contributed by atoms with Gasteiger partial charge >= 0.3 is 0 Å². The van der Waals surface area contributed by atoms with Crippen LogP contribution in [0.2, 0.25) is 0 Å². The molecule has 0 saturated heterocycles. The highest BCUT2D eigenvalue weighted by molar-refractivity contribution is 5.18. The summed E-state index contributed by atoms with van der Waals surface area (Å²) >= 11 is 0. The van der Waals surface area contributed by atoms with Crippen LogP contribution >= 0.6 is 0 Å². The zero-order valence-electron chi connectivity index (χ0n) is 11.9. The molecule has 2 N–H and O–H groups in total. The highest BCUT2D eigenvalue weighted by atomic mass is 19.1. The lowest BCUT2D eigenvalue weighted by atomic mass is 9.89. The van der Waals surface area contributed by atoms with Crippen LogP contribution in [0.3, 0.4) is 0 Å². The van der Waals surface area contributed by atoms with E-state index in [1.165, 1.54) is 12.1 Å². The standard InChI is InChI=1S/C15H24FNO2/c1-15(2,7-8-19-3)11-17-10-14(18)12-5-4-6-13(16)9-12/h4-6,9,14,17-18H,7-8,10-11H2,1-3H3. The highest BCUT2D eigenvalue weighted by Crippen LogP contribution is 2.19. The van der Waals surface area contributed by atoms with Gasteiger partial charge in [0.05, 0.1) is 6.10 Å². The average Bonchev–Trinajstić information content (AvgIpc) is 2.36. The van der Waals surface area contributed by atoms with Gasteiger partial charge in [0.15, 0.2) is 0 Å². The van der Waals surface area contributed by atoms with Gasteiger partial charge < -0.3 is 15.2 Å². The molecular formula is C15H24FNO2. The first-order valence-corrected chi connectivity index (χ1v) is 6.58. The summed E-state index contributed by atoms with van der Waals surface area (Å²) in [7, 11) is 1.69. The van der Waals surface area contributed by atoms with E-state index in [-0.39, 0.29) is 11.2 Å². The van der Waals surface area contributed by atoms with E-state index >= 15 is 0 Å². The topological polar surface area (TPSA) is 41.5 Å². The SMILES string of the molecule is COCCC(C)(C)CNCC(O)c1cccc(F)c1. The van der Waals surface area contributed by atoms with Crippen molar-refractivity contribution in [2.24, 2.45) is 5.41 Å². The minimum Gasteiger partial charge on any atom is -0.387 e. The monoisotopic (exact) mass is 269 g/mol. The molecule has 4 heteroatoms. The molecule has 1 aromatic carbocycles. The number of halogens is 1. The Labute approximate surface area is 114 Å². The van der Waals surface area contributed by atoms with Gasteiger partial charge in [0.1, 0.15) is 5.82 Å². The summed E-state index contributed by atoms with van der Waals surface area (Å²) in [4.78, 5) is 0. The number of benzene rings is 1. The summed E-state index contributed by atoms with van der Waals surface area (Å²) in [6.45, 7) is 6.21. The van der Waals surface area contributed by atoms with Crippen LogP contribution in [0.4, 0.5) is 4.39 Å². The molecule has 1 aromatic rings. The number of aliphatic hydroxyl groups excluding tert-OH is 1. The summed E-state index contributed by atoms with van der Waals surface area (Å²) in [5, 5.41) is 13.2. The second kappa shape index (κ2) is 7.58. The third-order valence-electron chi connectivity index (χ3n) is 3.16. The molecular weight excluding hydrogens is 245 g/mol. The van der Waals surface area contributed by atoms with Crippen LogP contribution in [0.1, 0.15) is 31.9 Å². The predicted octanol–water partition coefficient (Wildman–Crippen LogP) is 2.51. The summed E-state index contributed by atoms with van der Waals surface area (Å²) in [6, 6.07) is 6.07. The summed E-state index contributed by atoms with van der Waals surface area (Å²) in [6.07, 6.45) is 0.265. The lowest BCUT2D eigenvalue weighted by molar-refractivity contribution is 0.140. The normalized spacial score (nSPS) is 13.5. The third-order valence-corrected chi connectivity index (χ3v) is 3.16. The maximum Gasteiger partial charge on any atom is 0.123 e. The number of rotatable bonds is 8. The lowest BCUT2D eigenvalue weighted by Gasteiger charge is -2.25. The molecule has 0 heterocycles. The second-order valence-corrected chi connectivity index (χ2v) is 5.61. The van der Waals surface area contributed by atoms with E-state index in [2.05, 4.69) is 19.2 Å². The van der Waals surface area contributed by atoms with Crippen molar-refractivity contribution in [2.45, 2.75) is 26.4 Å². The Morgan fingerprint density at radius 3 is 2.79 bits per heavy atom. The average molecular weight is 269 g/mol. The zero-order valence-corrected chi connectivity index (χ0v) is 11.9. The third kappa shape index (κ3) is 6.14. The molecule has 1 unspecified atom stereocenters. The van der Waals surface area contributed by atoms with Crippen molar-refractivity contribution >= 4 is 0 Å². The van der Waals surface area contributed by atoms with Crippen LogP contribution in [-0.2, 0) is 4.74 Å². The molecule has 1 atom stereocenters. The van der Waals surface area contributed by atoms with Gasteiger partial charge in [0.2, 0.25) is 0 Å². The van der Waals surface area contributed by atoms with Gasteiger partial charge in [0.25, 0.3) is 0 Å². The van der Waals surface area contributed by atoms with Gasteiger partial charge in [-0.25, -0.2) is 4.39 Å². The smallest absolute Gasteiger partial charge is 0.123 e. The minimum atomic E-state index is -0.686. The Morgan fingerprint density at radius 1 is 1.42 bits per heavy atom. The van der Waals surface area contributed by atoms with Crippen molar-refractivity contribution in [3.8, 4) is 0 Å². The molecule has 19 heavy (non-hydrogen) atoms. The quantitative estimate of drug-likeness (QED) is 0.762. The van der Waals surface area contributed by atoms with Crippen LogP contribution in [0.25, 0.3) is 0 Å². The van der Waals surface area contributed by atoms with Gasteiger partial charge in [-0.2, -0.15) is 0 Å². The molecule has 0 aromatic heterocycles. The molecule has 0 aliphatic carbocycles. The van der Waals surface area contributed by atoms with E-state index in [4.69, 9.17) is 4.74 Å². The van der Waals surface area contributed by atoms with Gasteiger partial charge in [-0.1, -0.05) is 26.0 Å². The number of aliphatic hydroxyl groups is 1. The Balaban J connectivity index is 2.36. The highest BCUT2D eigenvalue weighted by Gasteiger charge is 2.17. The van der Waals surface area contributed by atoms with Crippen LogP contribution < -0.4 is 5.32 Å². The first-order valence-electron chi connectivity index (χ1n) is 6.58. The van der Waals surface area contributed by atoms with Gasteiger partial charge in [-0.3, -0.25) is 0 Å².